The first-order valence-corrected chi connectivity index (χ1v) is 2.10. The van der Waals surface area contributed by atoms with Gasteiger partial charge in [0.15, 0.2) is 0 Å². The Morgan fingerprint density at radius 2 is 0.667 bits per heavy atom. The first-order chi connectivity index (χ1) is 3.72. The minimum atomic E-state index is 0. The zero-order chi connectivity index (χ0) is 6.57. The molecule has 0 unspecified atom stereocenters. The molecule has 0 saturated carbocycles. The molecule has 0 aliphatic carbocycles. The molecule has 0 fully saturated rings. The fourth-order valence-corrected chi connectivity index (χ4v) is 0.145. The van der Waals surface area contributed by atoms with E-state index in [-0.39, 0.29) is 103 Å². The van der Waals surface area contributed by atoms with Crippen molar-refractivity contribution in [1.82, 2.24) is 0 Å². The molecule has 0 aromatic heterocycles. The van der Waals surface area contributed by atoms with Crippen LogP contribution in [0.15, 0.2) is 10.3 Å². The average molecular weight is 306 g/mol. The molecule has 0 aliphatic rings. The van der Waals surface area contributed by atoms with Gasteiger partial charge in [-0.2, -0.15) is 0 Å². The molecule has 0 aromatic carbocycles. The molecule has 0 aliphatic heterocycles. The molecule has 0 spiro atoms. The molecular formula is C4H24N2Na2O10. The summed E-state index contributed by atoms with van der Waals surface area (Å²) >= 11 is 0. The van der Waals surface area contributed by atoms with Crippen LogP contribution in [-0.4, -0.2) is 125 Å². The second-order valence-corrected chi connectivity index (χ2v) is 1.37. The van der Waals surface area contributed by atoms with Gasteiger partial charge in [-0.15, -0.1) is 0 Å². The smallest absolute Gasteiger partial charge is 0.101 e. The average Bonchev–Trinajstić information content (AvgIpc) is 1.84. The van der Waals surface area contributed by atoms with Gasteiger partial charge >= 0.3 is 0 Å². The molecular weight excluding hydrogens is 282 g/mol. The molecule has 18 heavy (non-hydrogen) atoms. The molecule has 0 amide bonds. The first-order valence-electron chi connectivity index (χ1n) is 2.10. The molecule has 0 rings (SSSR count). The van der Waals surface area contributed by atoms with Crippen LogP contribution in [0.4, 0.5) is 0 Å². The van der Waals surface area contributed by atoms with Crippen molar-refractivity contribution < 1.29 is 54.2 Å². The molecule has 2 radical (unpaired) electrons. The largest absolute Gasteiger partial charge is 0.412 e. The van der Waals surface area contributed by atoms with Crippen molar-refractivity contribution in [1.29, 1.82) is 0 Å². The van der Waals surface area contributed by atoms with Crippen LogP contribution in [0.1, 0.15) is 13.8 Å². The van der Waals surface area contributed by atoms with Gasteiger partial charge in [-0.25, -0.2) is 0 Å². The van der Waals surface area contributed by atoms with E-state index in [1.165, 1.54) is 13.8 Å². The third kappa shape index (κ3) is 54.6. The van der Waals surface area contributed by atoms with Gasteiger partial charge in [-0.05, 0) is 13.8 Å². The van der Waals surface area contributed by atoms with Crippen LogP contribution in [0.2, 0.25) is 0 Å². The van der Waals surface area contributed by atoms with Gasteiger partial charge in [0, 0.05) is 59.1 Å². The predicted molar refractivity (Wildman–Crippen MR) is 70.2 cm³/mol. The van der Waals surface area contributed by atoms with Crippen molar-refractivity contribution in [2.45, 2.75) is 13.8 Å². The Balaban J connectivity index is -0.00000000544. The fraction of sp³-hybridized carbons (Fsp3) is 0.500. The van der Waals surface area contributed by atoms with Crippen LogP contribution in [0.3, 0.4) is 0 Å². The van der Waals surface area contributed by atoms with E-state index in [9.17, 15) is 0 Å². The van der Waals surface area contributed by atoms with Crippen LogP contribution in [0, 0.1) is 0 Å². The van der Waals surface area contributed by atoms with Gasteiger partial charge in [0.25, 0.3) is 0 Å². The summed E-state index contributed by atoms with van der Waals surface area (Å²) in [6.45, 7) is 3.07. The third-order valence-electron chi connectivity index (χ3n) is 0.824. The van der Waals surface area contributed by atoms with E-state index in [1.54, 1.807) is 0 Å². The minimum Gasteiger partial charge on any atom is -0.412 e. The number of nitrogens with zero attached hydrogens (tertiary/aromatic N) is 2. The van der Waals surface area contributed by atoms with Gasteiger partial charge in [0.2, 0.25) is 0 Å². The van der Waals surface area contributed by atoms with E-state index in [1.807, 2.05) is 0 Å². The van der Waals surface area contributed by atoms with E-state index in [4.69, 9.17) is 10.4 Å². The van der Waals surface area contributed by atoms with E-state index in [0.29, 0.717) is 11.4 Å². The minimum absolute atomic E-state index is 0. The first kappa shape index (κ1) is 99.6. The molecule has 14 heteroatoms. The summed E-state index contributed by atoms with van der Waals surface area (Å²) in [4.78, 5) is 0. The summed E-state index contributed by atoms with van der Waals surface area (Å²) < 4.78 is 0. The normalized spacial score (nSPS) is 6.33. The van der Waals surface area contributed by atoms with E-state index in [2.05, 4.69) is 10.3 Å². The van der Waals surface area contributed by atoms with Crippen LogP contribution < -0.4 is 0 Å². The second-order valence-electron chi connectivity index (χ2n) is 1.37. The maximum Gasteiger partial charge on any atom is 0.101 e. The van der Waals surface area contributed by atoms with Crippen molar-refractivity contribution in [3.63, 3.8) is 0 Å². The number of hydrogen-bond donors (Lipinski definition) is 2. The van der Waals surface area contributed by atoms with Gasteiger partial charge in [-0.3, -0.25) is 0 Å². The maximum absolute atomic E-state index is 8.03. The third-order valence-corrected chi connectivity index (χ3v) is 0.824. The second kappa shape index (κ2) is 65.5. The summed E-state index contributed by atoms with van der Waals surface area (Å²) in [7, 11) is 0. The standard InChI is InChI=1S/C4H8N2O2.2Na.8H2O/c1-3(5-7)4(2)6-8;;;;;;;;;;/h7-8H,1-2H3;;;8*1H2. The number of hydrogen-bond acceptors (Lipinski definition) is 4. The van der Waals surface area contributed by atoms with Gasteiger partial charge in [0.05, 0.1) is 0 Å². The van der Waals surface area contributed by atoms with Gasteiger partial charge in [-0.1, -0.05) is 10.3 Å². The van der Waals surface area contributed by atoms with Crippen LogP contribution in [-0.2, 0) is 0 Å². The summed E-state index contributed by atoms with van der Waals surface area (Å²) in [6, 6.07) is 0. The Morgan fingerprint density at radius 1 is 0.556 bits per heavy atom. The van der Waals surface area contributed by atoms with Gasteiger partial charge in [0.1, 0.15) is 11.4 Å². The van der Waals surface area contributed by atoms with Crippen molar-refractivity contribution in [3.8, 4) is 0 Å². The Labute approximate surface area is 148 Å². The van der Waals surface area contributed by atoms with Crippen molar-refractivity contribution in [3.05, 3.63) is 0 Å². The summed E-state index contributed by atoms with van der Waals surface area (Å²) in [5.74, 6) is 0. The zero-order valence-electron chi connectivity index (χ0n) is 10.8. The predicted octanol–water partition coefficient (Wildman–Crippen LogP) is -6.67. The van der Waals surface area contributed by atoms with Gasteiger partial charge < -0.3 is 54.2 Å². The molecule has 112 valence electrons. The number of oxime groups is 2. The monoisotopic (exact) mass is 306 g/mol. The molecule has 0 heterocycles. The maximum atomic E-state index is 8.03. The Kier molecular flexibility index (Phi) is 362. The molecule has 0 saturated heterocycles. The van der Waals surface area contributed by atoms with Crippen molar-refractivity contribution in [2.24, 2.45) is 10.3 Å². The molecule has 12 nitrogen and oxygen atoms in total. The molecule has 18 N–H and O–H groups in total. The summed E-state index contributed by atoms with van der Waals surface area (Å²) in [5.41, 5.74) is 0.625. The van der Waals surface area contributed by atoms with Crippen LogP contribution in [0.25, 0.3) is 0 Å². The fourth-order valence-electron chi connectivity index (χ4n) is 0.145. The summed E-state index contributed by atoms with van der Waals surface area (Å²) in [5, 5.41) is 21.6. The Morgan fingerprint density at radius 3 is 0.722 bits per heavy atom. The van der Waals surface area contributed by atoms with Crippen molar-refractivity contribution in [2.75, 3.05) is 0 Å². The van der Waals surface area contributed by atoms with E-state index >= 15 is 0 Å². The zero-order valence-corrected chi connectivity index (χ0v) is 14.8. The van der Waals surface area contributed by atoms with Crippen LogP contribution >= 0.6 is 0 Å². The molecule has 0 atom stereocenters. The van der Waals surface area contributed by atoms with Crippen molar-refractivity contribution >= 4 is 70.5 Å². The van der Waals surface area contributed by atoms with Crippen LogP contribution in [0.5, 0.6) is 0 Å². The summed E-state index contributed by atoms with van der Waals surface area (Å²) in [6.07, 6.45) is 0. The Hall–Kier alpha value is 0.620. The molecule has 0 bridgehead atoms. The topological polar surface area (TPSA) is 317 Å². The van der Waals surface area contributed by atoms with E-state index < -0.39 is 0 Å². The SMILES string of the molecule is CC(=NO)C(C)=NO.O.O.O.O.O.O.O.O.[Na].[Na]. The quantitative estimate of drug-likeness (QED) is 0.206. The number of rotatable bonds is 1. The Bertz CT molecular complexity index is 130. The molecule has 0 aromatic rings. The van der Waals surface area contributed by atoms with E-state index in [0.717, 1.165) is 0 Å².